The average Bonchev–Trinajstić information content (AvgIpc) is 3.11. The molecule has 0 bridgehead atoms. The number of fused-ring (bicyclic) bond motifs is 3. The Hall–Kier alpha value is -2.75. The Balaban J connectivity index is 1.96. The van der Waals surface area contributed by atoms with Gasteiger partial charge in [-0.3, -0.25) is 4.98 Å². The van der Waals surface area contributed by atoms with E-state index in [1.54, 1.807) is 6.92 Å². The Morgan fingerprint density at radius 3 is 2.70 bits per heavy atom. The van der Waals surface area contributed by atoms with Crippen molar-refractivity contribution in [2.75, 3.05) is 0 Å². The second-order valence-corrected chi connectivity index (χ2v) is 7.29. The van der Waals surface area contributed by atoms with Gasteiger partial charge in [0.25, 0.3) is 0 Å². The van der Waals surface area contributed by atoms with E-state index >= 15 is 0 Å². The third kappa shape index (κ3) is 2.80. The molecule has 0 saturated carbocycles. The van der Waals surface area contributed by atoms with Crippen molar-refractivity contribution >= 4 is 22.1 Å². The van der Waals surface area contributed by atoms with Crippen LogP contribution in [0.15, 0.2) is 40.9 Å². The number of hydrogen-bond donors (Lipinski definition) is 0. The maximum absolute atomic E-state index is 7.63. The Morgan fingerprint density at radius 2 is 1.96 bits per heavy atom. The molecule has 0 fully saturated rings. The van der Waals surface area contributed by atoms with Gasteiger partial charge in [-0.2, -0.15) is 4.98 Å². The minimum atomic E-state index is -2.39. The van der Waals surface area contributed by atoms with E-state index in [0.717, 1.165) is 34.9 Å². The summed E-state index contributed by atoms with van der Waals surface area (Å²) in [5, 5.41) is 1.60. The lowest BCUT2D eigenvalue weighted by Crippen LogP contribution is -2.19. The summed E-state index contributed by atoms with van der Waals surface area (Å²) < 4.78 is 29.0. The maximum atomic E-state index is 7.63. The highest BCUT2D eigenvalue weighted by molar-refractivity contribution is 6.09. The molecule has 0 saturated heterocycles. The van der Waals surface area contributed by atoms with Crippen molar-refractivity contribution in [3.63, 3.8) is 0 Å². The predicted octanol–water partition coefficient (Wildman–Crippen LogP) is 6.13. The van der Waals surface area contributed by atoms with Gasteiger partial charge in [-0.1, -0.05) is 32.9 Å². The quantitative estimate of drug-likeness (QED) is 0.438. The van der Waals surface area contributed by atoms with Crippen LogP contribution in [0, 0.1) is 13.8 Å². The Bertz CT molecular complexity index is 1240. The fourth-order valence-corrected chi connectivity index (χ4v) is 3.68. The molecule has 0 aliphatic rings. The van der Waals surface area contributed by atoms with Crippen molar-refractivity contribution in [3.05, 3.63) is 53.6 Å². The fourth-order valence-electron chi connectivity index (χ4n) is 3.68. The normalized spacial score (nSPS) is 14.3. The molecule has 0 aliphatic heterocycles. The van der Waals surface area contributed by atoms with Crippen LogP contribution in [0.1, 0.15) is 54.8 Å². The van der Waals surface area contributed by atoms with Crippen molar-refractivity contribution in [1.82, 2.24) is 15.0 Å². The van der Waals surface area contributed by atoms with Crippen molar-refractivity contribution in [2.24, 2.45) is 0 Å². The largest absolute Gasteiger partial charge is 0.437 e. The van der Waals surface area contributed by atoms with E-state index in [9.17, 15) is 0 Å². The summed E-state index contributed by atoms with van der Waals surface area (Å²) in [6, 6.07) is 10.1. The summed E-state index contributed by atoms with van der Waals surface area (Å²) in [7, 11) is 0. The summed E-state index contributed by atoms with van der Waals surface area (Å²) in [6.07, 6.45) is 3.91. The van der Waals surface area contributed by atoms with Crippen LogP contribution in [0.5, 0.6) is 0 Å². The van der Waals surface area contributed by atoms with Crippen LogP contribution in [0.3, 0.4) is 0 Å². The first kappa shape index (κ1) is 14.3. The van der Waals surface area contributed by atoms with Gasteiger partial charge in [0.1, 0.15) is 11.4 Å². The zero-order valence-electron chi connectivity index (χ0n) is 19.1. The highest BCUT2D eigenvalue weighted by atomic mass is 16.3. The SMILES string of the molecule is [2H]C([2H])([2H])c1nc(C)c2c(n1)oc1c(-c3cc(C(C)(CC)CC)ccn3)cccc12. The molecule has 0 spiro atoms. The van der Waals surface area contributed by atoms with E-state index in [1.165, 1.54) is 5.56 Å². The second kappa shape index (κ2) is 6.45. The predicted molar refractivity (Wildman–Crippen MR) is 110 cm³/mol. The lowest BCUT2D eigenvalue weighted by Gasteiger charge is -2.27. The van der Waals surface area contributed by atoms with Gasteiger partial charge in [0, 0.05) is 21.3 Å². The lowest BCUT2D eigenvalue weighted by molar-refractivity contribution is 0.438. The van der Waals surface area contributed by atoms with Crippen molar-refractivity contribution in [1.29, 1.82) is 0 Å². The highest BCUT2D eigenvalue weighted by Gasteiger charge is 2.23. The zero-order valence-corrected chi connectivity index (χ0v) is 16.1. The van der Waals surface area contributed by atoms with E-state index < -0.39 is 6.85 Å². The first-order valence-electron chi connectivity index (χ1n) is 10.8. The minimum absolute atomic E-state index is 0.0795. The van der Waals surface area contributed by atoms with E-state index in [2.05, 4.69) is 47.9 Å². The molecule has 4 nitrogen and oxygen atoms in total. The summed E-state index contributed by atoms with van der Waals surface area (Å²) in [4.78, 5) is 13.0. The minimum Gasteiger partial charge on any atom is -0.437 e. The summed E-state index contributed by atoms with van der Waals surface area (Å²) in [6.45, 7) is 6.07. The summed E-state index contributed by atoms with van der Waals surface area (Å²) >= 11 is 0. The molecule has 0 amide bonds. The number of furan rings is 1. The zero-order chi connectivity index (χ0) is 21.7. The first-order chi connectivity index (χ1) is 14.2. The number of aryl methyl sites for hydroxylation is 2. The van der Waals surface area contributed by atoms with Gasteiger partial charge in [-0.05, 0) is 55.8 Å². The average molecular weight is 362 g/mol. The molecule has 3 aromatic heterocycles. The third-order valence-corrected chi connectivity index (χ3v) is 5.83. The molecular weight excluding hydrogens is 334 g/mol. The van der Waals surface area contributed by atoms with Crippen LogP contribution in [-0.2, 0) is 5.41 Å². The second-order valence-electron chi connectivity index (χ2n) is 7.29. The highest BCUT2D eigenvalue weighted by Crippen LogP contribution is 2.37. The van der Waals surface area contributed by atoms with Crippen molar-refractivity contribution in [2.45, 2.75) is 52.8 Å². The first-order valence-corrected chi connectivity index (χ1v) is 9.35. The number of pyridine rings is 1. The summed E-state index contributed by atoms with van der Waals surface area (Å²) in [5.74, 6) is -0.199. The van der Waals surface area contributed by atoms with Crippen LogP contribution in [0.4, 0.5) is 0 Å². The van der Waals surface area contributed by atoms with E-state index in [-0.39, 0.29) is 11.2 Å². The Labute approximate surface area is 163 Å². The number of rotatable bonds is 4. The number of hydrogen-bond acceptors (Lipinski definition) is 4. The molecular formula is C23H25N3O. The number of benzene rings is 1. The maximum Gasteiger partial charge on any atom is 0.230 e. The molecule has 0 N–H and O–H groups in total. The van der Waals surface area contributed by atoms with Gasteiger partial charge in [0.05, 0.1) is 16.8 Å². The topological polar surface area (TPSA) is 51.8 Å². The molecule has 0 aliphatic carbocycles. The van der Waals surface area contributed by atoms with Crippen molar-refractivity contribution < 1.29 is 8.53 Å². The summed E-state index contributed by atoms with van der Waals surface area (Å²) in [5.41, 5.74) is 4.53. The van der Waals surface area contributed by atoms with Gasteiger partial charge in [0.15, 0.2) is 0 Å². The van der Waals surface area contributed by atoms with Crippen LogP contribution < -0.4 is 0 Å². The number of aromatic nitrogens is 3. The molecule has 4 aromatic rings. The molecule has 138 valence electrons. The molecule has 1 aromatic carbocycles. The molecule has 0 radical (unpaired) electrons. The number of para-hydroxylation sites is 1. The number of nitrogens with zero attached hydrogens (tertiary/aromatic N) is 3. The van der Waals surface area contributed by atoms with Crippen LogP contribution in [0.2, 0.25) is 0 Å². The van der Waals surface area contributed by atoms with E-state index in [4.69, 9.17) is 8.53 Å². The molecule has 4 heteroatoms. The van der Waals surface area contributed by atoms with Crippen LogP contribution >= 0.6 is 0 Å². The molecule has 3 heterocycles. The Kier molecular flexibility index (Phi) is 3.42. The fraction of sp³-hybridized carbons (Fsp3) is 0.348. The molecule has 0 atom stereocenters. The van der Waals surface area contributed by atoms with Gasteiger partial charge in [-0.25, -0.2) is 4.98 Å². The monoisotopic (exact) mass is 362 g/mol. The smallest absolute Gasteiger partial charge is 0.230 e. The van der Waals surface area contributed by atoms with E-state index in [1.807, 2.05) is 24.4 Å². The van der Waals surface area contributed by atoms with Gasteiger partial charge in [0.2, 0.25) is 5.71 Å². The molecule has 4 rings (SSSR count). The Morgan fingerprint density at radius 1 is 1.15 bits per heavy atom. The van der Waals surface area contributed by atoms with Crippen LogP contribution in [0.25, 0.3) is 33.3 Å². The van der Waals surface area contributed by atoms with E-state index in [0.29, 0.717) is 17.0 Å². The van der Waals surface area contributed by atoms with Crippen molar-refractivity contribution in [3.8, 4) is 11.3 Å². The third-order valence-electron chi connectivity index (χ3n) is 5.83. The molecule has 0 unspecified atom stereocenters. The standard InChI is InChI=1S/C23H25N3O/c1-6-23(5,7-2)16-11-12-24-19(13-16)17-9-8-10-18-20-14(3)25-15(4)26-22(20)27-21(17)18/h8-13H,6-7H2,1-5H3/i4D3. The molecule has 27 heavy (non-hydrogen) atoms. The van der Waals surface area contributed by atoms with Gasteiger partial charge < -0.3 is 4.42 Å². The lowest BCUT2D eigenvalue weighted by atomic mass is 9.78. The van der Waals surface area contributed by atoms with Gasteiger partial charge >= 0.3 is 0 Å². The van der Waals surface area contributed by atoms with Gasteiger partial charge in [-0.15, -0.1) is 0 Å². The van der Waals surface area contributed by atoms with Crippen LogP contribution in [-0.4, -0.2) is 15.0 Å².